The Morgan fingerprint density at radius 2 is 1.46 bits per heavy atom. The van der Waals surface area contributed by atoms with Crippen LogP contribution in [0.25, 0.3) is 11.0 Å². The van der Waals surface area contributed by atoms with Gasteiger partial charge < -0.3 is 36.2 Å². The highest BCUT2D eigenvalue weighted by Crippen LogP contribution is 2.35. The highest BCUT2D eigenvalue weighted by Gasteiger charge is 2.46. The molecule has 4 fully saturated rings. The number of nitrogens with one attached hydrogen (secondary N) is 4. The smallest absolute Gasteiger partial charge is 0.408 e. The molecule has 1 aliphatic carbocycles. The molecule has 3 aromatic carbocycles. The van der Waals surface area contributed by atoms with Gasteiger partial charge in [0.25, 0.3) is 0 Å². The number of aryl methyl sites for hydroxylation is 1. The number of imide groups is 1. The zero-order chi connectivity index (χ0) is 52.8. The summed E-state index contributed by atoms with van der Waals surface area (Å²) in [4.78, 5) is 124. The Hall–Kier alpha value is -7.31. The van der Waals surface area contributed by atoms with Crippen LogP contribution in [-0.4, -0.2) is 109 Å². The molecular formula is C55H69N9O10. The predicted octanol–water partition coefficient (Wildman–Crippen LogP) is 4.20. The van der Waals surface area contributed by atoms with Crippen molar-refractivity contribution in [2.75, 3.05) is 13.1 Å². The van der Waals surface area contributed by atoms with Gasteiger partial charge in [0.05, 0.1) is 23.6 Å². The predicted molar refractivity (Wildman–Crippen MR) is 274 cm³/mol. The number of primary amides is 1. The summed E-state index contributed by atoms with van der Waals surface area (Å²) in [7, 11) is 1.68. The third-order valence-electron chi connectivity index (χ3n) is 15.0. The van der Waals surface area contributed by atoms with Gasteiger partial charge in [-0.3, -0.25) is 48.0 Å². The summed E-state index contributed by atoms with van der Waals surface area (Å²) in [5, 5.41) is 11.0. The van der Waals surface area contributed by atoms with Crippen LogP contribution < -0.4 is 32.7 Å². The summed E-state index contributed by atoms with van der Waals surface area (Å²) in [6.07, 6.45) is 4.87. The van der Waals surface area contributed by atoms with Gasteiger partial charge in [0.15, 0.2) is 0 Å². The number of nitrogens with zero attached hydrogens (tertiary/aromatic N) is 4. The molecule has 3 aliphatic heterocycles. The van der Waals surface area contributed by atoms with E-state index in [1.54, 1.807) is 37.3 Å². The van der Waals surface area contributed by atoms with Crippen LogP contribution in [0.4, 0.5) is 4.79 Å². The van der Waals surface area contributed by atoms with E-state index in [1.807, 2.05) is 78.9 Å². The second kappa shape index (κ2) is 22.8. The van der Waals surface area contributed by atoms with Crippen molar-refractivity contribution in [2.24, 2.45) is 24.6 Å². The number of ether oxygens (including phenoxy) is 1. The SMILES string of the molecule is Cn1c(=O)n([C@@H]2CCC(=O)NC2=O)c2ccc(C[C@H]3CC[C@@H](CC(=O)N4CC[C@H]5CC[C@@H](C(=O)N[C@@H](CCC(N)=O)C(=O)NC(c6ccccc6)c6ccccc6)N5C(=O)[C@@H](NC(=O)OC(C)(C)C)C4)CC3)cc21. The second-order valence-corrected chi connectivity index (χ2v) is 21.4. The maximum absolute atomic E-state index is 14.8. The summed E-state index contributed by atoms with van der Waals surface area (Å²) in [6.45, 7) is 5.25. The van der Waals surface area contributed by atoms with Gasteiger partial charge >= 0.3 is 11.8 Å². The Morgan fingerprint density at radius 3 is 2.09 bits per heavy atom. The van der Waals surface area contributed by atoms with Crippen molar-refractivity contribution in [2.45, 2.75) is 146 Å². The molecule has 74 heavy (non-hydrogen) atoms. The average Bonchev–Trinajstić information content (AvgIpc) is 3.89. The highest BCUT2D eigenvalue weighted by molar-refractivity contribution is 6.00. The number of rotatable bonds is 15. The van der Waals surface area contributed by atoms with E-state index in [9.17, 15) is 43.2 Å². The molecule has 19 heteroatoms. The van der Waals surface area contributed by atoms with Crippen LogP contribution in [0.5, 0.6) is 0 Å². The number of imidazole rings is 1. The Labute approximate surface area is 430 Å². The van der Waals surface area contributed by atoms with Crippen molar-refractivity contribution >= 4 is 58.5 Å². The summed E-state index contributed by atoms with van der Waals surface area (Å²) in [6, 6.07) is 19.4. The topological polar surface area (TPSA) is 253 Å². The first kappa shape index (κ1) is 53.0. The van der Waals surface area contributed by atoms with Crippen LogP contribution in [0.2, 0.25) is 0 Å². The van der Waals surface area contributed by atoms with E-state index in [0.717, 1.165) is 48.8 Å². The maximum atomic E-state index is 14.8. The van der Waals surface area contributed by atoms with E-state index in [2.05, 4.69) is 21.3 Å². The normalized spacial score (nSPS) is 22.8. The molecule has 0 bridgehead atoms. The molecular weight excluding hydrogens is 947 g/mol. The minimum absolute atomic E-state index is 0.0842. The molecule has 4 aliphatic rings. The fourth-order valence-corrected chi connectivity index (χ4v) is 11.2. The van der Waals surface area contributed by atoms with Gasteiger partial charge in [-0.05, 0) is 126 Å². The Bertz CT molecular complexity index is 2780. The van der Waals surface area contributed by atoms with Crippen molar-refractivity contribution in [3.8, 4) is 0 Å². The molecule has 19 nitrogen and oxygen atoms in total. The monoisotopic (exact) mass is 1020 g/mol. The Balaban J connectivity index is 0.918. The third-order valence-corrected chi connectivity index (χ3v) is 15.0. The lowest BCUT2D eigenvalue weighted by Crippen LogP contribution is -2.62. The number of carbonyl (C=O) groups is 8. The van der Waals surface area contributed by atoms with Crippen LogP contribution in [-0.2, 0) is 51.8 Å². The number of carbonyl (C=O) groups excluding carboxylic acids is 8. The number of amides is 8. The van der Waals surface area contributed by atoms with Gasteiger partial charge in [-0.15, -0.1) is 0 Å². The number of aromatic nitrogens is 2. The fourth-order valence-electron chi connectivity index (χ4n) is 11.2. The van der Waals surface area contributed by atoms with Crippen LogP contribution in [0, 0.1) is 11.8 Å². The molecule has 8 amide bonds. The van der Waals surface area contributed by atoms with Gasteiger partial charge in [0.2, 0.25) is 41.4 Å². The molecule has 6 N–H and O–H groups in total. The van der Waals surface area contributed by atoms with Gasteiger partial charge in [-0.25, -0.2) is 9.59 Å². The molecule has 3 saturated heterocycles. The first-order valence-corrected chi connectivity index (χ1v) is 26.0. The standard InChI is InChI=1S/C55H69N9O10/c1-55(2,3)74-53(72)58-40-32-62(47(67)31-34-17-15-33(16-18-34)29-35-19-22-41-44(30-35)61(4)54(73)64(41)43-24-26-46(66)59-51(43)70)28-27-38-20-23-42(63(38)52(40)71)50(69)57-39(21-25-45(56)65)49(68)60-48(36-11-7-5-8-12-36)37-13-9-6-10-14-37/h5-14,19,22,30,33-34,38-40,42-43,48H,15-18,20-21,23-29,31-32H2,1-4H3,(H2,56,65)(H,57,69)(H,58,72)(H,60,68)(H,59,66,70)/t33-,34+,38-,39+,40+,42+,43-/m1/s1. The third kappa shape index (κ3) is 12.5. The van der Waals surface area contributed by atoms with Crippen molar-refractivity contribution in [3.05, 3.63) is 106 Å². The van der Waals surface area contributed by atoms with E-state index in [-0.39, 0.29) is 75.0 Å². The molecule has 4 aromatic rings. The minimum atomic E-state index is -1.25. The summed E-state index contributed by atoms with van der Waals surface area (Å²) in [5.74, 6) is -2.81. The average molecular weight is 1020 g/mol. The molecule has 0 unspecified atom stereocenters. The molecule has 8 rings (SSSR count). The molecule has 1 aromatic heterocycles. The number of fused-ring (bicyclic) bond motifs is 2. The Kier molecular flexibility index (Phi) is 16.4. The lowest BCUT2D eigenvalue weighted by molar-refractivity contribution is -0.146. The molecule has 1 saturated carbocycles. The zero-order valence-electron chi connectivity index (χ0n) is 42.7. The molecule has 0 radical (unpaired) electrons. The maximum Gasteiger partial charge on any atom is 0.408 e. The van der Waals surface area contributed by atoms with Crippen LogP contribution in [0.1, 0.15) is 127 Å². The number of nitrogens with two attached hydrogens (primary N) is 1. The summed E-state index contributed by atoms with van der Waals surface area (Å²) < 4.78 is 8.59. The van der Waals surface area contributed by atoms with Crippen molar-refractivity contribution in [1.29, 1.82) is 0 Å². The van der Waals surface area contributed by atoms with E-state index in [1.165, 1.54) is 9.47 Å². The van der Waals surface area contributed by atoms with Crippen molar-refractivity contribution < 1.29 is 43.1 Å². The van der Waals surface area contributed by atoms with Crippen LogP contribution in [0.15, 0.2) is 83.7 Å². The van der Waals surface area contributed by atoms with E-state index in [0.29, 0.717) is 29.8 Å². The van der Waals surface area contributed by atoms with E-state index < -0.39 is 77.5 Å². The number of alkyl carbamates (subject to hydrolysis) is 1. The number of piperidine rings is 1. The highest BCUT2D eigenvalue weighted by atomic mass is 16.6. The quantitative estimate of drug-likeness (QED) is 0.106. The lowest BCUT2D eigenvalue weighted by atomic mass is 9.78. The molecule has 0 spiro atoms. The van der Waals surface area contributed by atoms with Crippen LogP contribution >= 0.6 is 0 Å². The van der Waals surface area contributed by atoms with Crippen molar-refractivity contribution in [3.63, 3.8) is 0 Å². The first-order chi connectivity index (χ1) is 35.3. The van der Waals surface area contributed by atoms with Gasteiger partial charge in [-0.1, -0.05) is 66.7 Å². The summed E-state index contributed by atoms with van der Waals surface area (Å²) >= 11 is 0. The number of hydrogen-bond donors (Lipinski definition) is 5. The van der Waals surface area contributed by atoms with E-state index in [4.69, 9.17) is 10.5 Å². The van der Waals surface area contributed by atoms with Gasteiger partial charge in [0, 0.05) is 38.9 Å². The lowest BCUT2D eigenvalue weighted by Gasteiger charge is -2.39. The van der Waals surface area contributed by atoms with Gasteiger partial charge in [-0.2, -0.15) is 0 Å². The zero-order valence-corrected chi connectivity index (χ0v) is 42.7. The fraction of sp³-hybridized carbons (Fsp3) is 0.509. The molecule has 394 valence electrons. The minimum Gasteiger partial charge on any atom is -0.444 e. The van der Waals surface area contributed by atoms with Gasteiger partial charge in [0.1, 0.15) is 29.8 Å². The molecule has 4 heterocycles. The first-order valence-electron chi connectivity index (χ1n) is 26.0. The number of benzene rings is 3. The number of hydrogen-bond acceptors (Lipinski definition) is 10. The largest absolute Gasteiger partial charge is 0.444 e. The molecule has 5 atom stereocenters. The second-order valence-electron chi connectivity index (χ2n) is 21.4. The Morgan fingerprint density at radius 1 is 0.797 bits per heavy atom. The van der Waals surface area contributed by atoms with E-state index >= 15 is 0 Å². The van der Waals surface area contributed by atoms with Crippen LogP contribution in [0.3, 0.4) is 0 Å². The van der Waals surface area contributed by atoms with Crippen molar-refractivity contribution in [1.82, 2.24) is 40.2 Å². The summed E-state index contributed by atoms with van der Waals surface area (Å²) in [5.41, 5.74) is 8.36.